The Morgan fingerprint density at radius 3 is 2.30 bits per heavy atom. The van der Waals surface area contributed by atoms with Gasteiger partial charge in [-0.3, -0.25) is 9.09 Å². The van der Waals surface area contributed by atoms with Crippen LogP contribution in [0.15, 0.2) is 18.2 Å². The minimum atomic E-state index is -2.68. The van der Waals surface area contributed by atoms with Gasteiger partial charge in [0.2, 0.25) is 0 Å². The van der Waals surface area contributed by atoms with E-state index in [9.17, 15) is 14.5 Å². The van der Waals surface area contributed by atoms with Gasteiger partial charge >= 0.3 is 6.16 Å². The molecule has 0 aromatic heterocycles. The van der Waals surface area contributed by atoms with E-state index in [1.54, 1.807) is 39.0 Å². The molecule has 1 aromatic carbocycles. The number of benzene rings is 1. The molecule has 9 heteroatoms. The van der Waals surface area contributed by atoms with Crippen molar-refractivity contribution in [3.05, 3.63) is 29.3 Å². The van der Waals surface area contributed by atoms with E-state index in [4.69, 9.17) is 18.7 Å². The van der Waals surface area contributed by atoms with Crippen LogP contribution in [0.2, 0.25) is 0 Å². The van der Waals surface area contributed by atoms with E-state index >= 15 is 0 Å². The quantitative estimate of drug-likeness (QED) is 0.326. The maximum absolute atomic E-state index is 12.2. The number of rotatable bonds is 9. The first-order valence-corrected chi connectivity index (χ1v) is 12.3. The normalized spacial score (nSPS) is 13.6. The van der Waals surface area contributed by atoms with Gasteiger partial charge in [0.15, 0.2) is 14.2 Å². The van der Waals surface area contributed by atoms with Gasteiger partial charge in [-0.25, -0.2) is 4.79 Å². The summed E-state index contributed by atoms with van der Waals surface area (Å²) in [5, 5.41) is 13.1. The van der Waals surface area contributed by atoms with Gasteiger partial charge in [0, 0.05) is 31.0 Å². The molecule has 0 heterocycles. The lowest BCUT2D eigenvalue weighted by Crippen LogP contribution is -2.39. The van der Waals surface area contributed by atoms with Crippen molar-refractivity contribution in [2.75, 3.05) is 26.7 Å². The lowest BCUT2D eigenvalue weighted by molar-refractivity contribution is -0.0282. The van der Waals surface area contributed by atoms with Gasteiger partial charge in [0.25, 0.3) is 0 Å². The van der Waals surface area contributed by atoms with Crippen molar-refractivity contribution < 1.29 is 33.2 Å². The highest BCUT2D eigenvalue weighted by Gasteiger charge is 2.25. The van der Waals surface area contributed by atoms with E-state index in [-0.39, 0.29) is 18.9 Å². The van der Waals surface area contributed by atoms with Gasteiger partial charge in [-0.2, -0.15) is 0 Å². The van der Waals surface area contributed by atoms with Crippen LogP contribution in [0, 0.1) is 0 Å². The fourth-order valence-electron chi connectivity index (χ4n) is 2.30. The number of aliphatic hydroxyl groups is 1. The molecule has 0 bridgehead atoms. The fraction of sp³-hybridized carbons (Fsp3) is 0.667. The molecule has 1 atom stereocenters. The van der Waals surface area contributed by atoms with Gasteiger partial charge < -0.3 is 24.6 Å². The molecule has 0 saturated carbocycles. The van der Waals surface area contributed by atoms with Gasteiger partial charge in [0.1, 0.15) is 17.5 Å². The van der Waals surface area contributed by atoms with E-state index in [1.165, 1.54) is 13.3 Å². The second-order valence-corrected chi connectivity index (χ2v) is 12.1. The maximum Gasteiger partial charge on any atom is 0.509 e. The van der Waals surface area contributed by atoms with E-state index < -0.39 is 25.2 Å². The van der Waals surface area contributed by atoms with E-state index in [0.29, 0.717) is 23.4 Å². The van der Waals surface area contributed by atoms with Crippen molar-refractivity contribution in [2.24, 2.45) is 0 Å². The average molecular weight is 445 g/mol. The lowest BCUT2D eigenvalue weighted by atomic mass is 10.0. The van der Waals surface area contributed by atoms with Crippen LogP contribution in [0.3, 0.4) is 0 Å². The zero-order chi connectivity index (χ0) is 23.2. The Kier molecular flexibility index (Phi) is 9.36. The number of aliphatic hydroxyl groups excluding tert-OH is 1. The topological polar surface area (TPSA) is 103 Å². The second-order valence-electron chi connectivity index (χ2n) is 9.37. The van der Waals surface area contributed by atoms with Crippen molar-refractivity contribution in [3.63, 3.8) is 0 Å². The summed E-state index contributed by atoms with van der Waals surface area (Å²) in [5.41, 5.74) is 0.299. The van der Waals surface area contributed by atoms with Crippen LogP contribution in [0.1, 0.15) is 58.8 Å². The Balaban J connectivity index is 3.03. The zero-order valence-corrected chi connectivity index (χ0v) is 20.2. The molecule has 1 unspecified atom stereocenters. The lowest BCUT2D eigenvalue weighted by Gasteiger charge is -2.27. The summed E-state index contributed by atoms with van der Waals surface area (Å²) < 4.78 is 33.1. The summed E-state index contributed by atoms with van der Waals surface area (Å²) in [5.74, 6) is 0.398. The highest BCUT2D eigenvalue weighted by molar-refractivity contribution is 7.57. The smallest absolute Gasteiger partial charge is 0.467 e. The van der Waals surface area contributed by atoms with Crippen molar-refractivity contribution in [1.82, 2.24) is 5.32 Å². The molecule has 0 amide bonds. The summed E-state index contributed by atoms with van der Waals surface area (Å²) >= 11 is 0. The van der Waals surface area contributed by atoms with Crippen LogP contribution in [-0.2, 0) is 25.2 Å². The first-order valence-electron chi connectivity index (χ1n) is 9.80. The number of hydrogen-bond acceptors (Lipinski definition) is 8. The molecular formula is C21H36NO7P. The van der Waals surface area contributed by atoms with Gasteiger partial charge in [-0.15, -0.1) is 0 Å². The molecule has 30 heavy (non-hydrogen) atoms. The molecule has 0 aliphatic rings. The van der Waals surface area contributed by atoms with Crippen molar-refractivity contribution in [2.45, 2.75) is 65.4 Å². The zero-order valence-electron chi connectivity index (χ0n) is 19.3. The highest BCUT2D eigenvalue weighted by Crippen LogP contribution is 2.37. The second kappa shape index (κ2) is 10.6. The van der Waals surface area contributed by atoms with E-state index in [0.717, 1.165) is 0 Å². The molecule has 0 saturated heterocycles. The molecule has 2 N–H and O–H groups in total. The summed E-state index contributed by atoms with van der Waals surface area (Å²) in [6, 6.07) is 5.10. The highest BCUT2D eigenvalue weighted by atomic mass is 31.2. The molecule has 0 fully saturated rings. The molecule has 0 spiro atoms. The minimum absolute atomic E-state index is 0.190. The third kappa shape index (κ3) is 11.0. The Labute approximate surface area is 179 Å². The monoisotopic (exact) mass is 445 g/mol. The predicted molar refractivity (Wildman–Crippen MR) is 116 cm³/mol. The number of carbonyl (C=O) groups is 1. The van der Waals surface area contributed by atoms with Crippen LogP contribution in [0.25, 0.3) is 0 Å². The number of carbonyl (C=O) groups excluding carboxylic acids is 1. The molecule has 0 radical (unpaired) electrons. The van der Waals surface area contributed by atoms with E-state index in [2.05, 4.69) is 5.32 Å². The first-order chi connectivity index (χ1) is 13.6. The Morgan fingerprint density at radius 2 is 1.80 bits per heavy atom. The predicted octanol–water partition coefficient (Wildman–Crippen LogP) is 4.45. The SMILES string of the molecule is CC(C)(C)NCC(OC(=O)OC(C)(C)C)c1ccc(OCOP(C)(C)=O)c(CO)c1. The summed E-state index contributed by atoms with van der Waals surface area (Å²) in [6.45, 7) is 14.2. The van der Waals surface area contributed by atoms with Crippen LogP contribution < -0.4 is 10.1 Å². The number of hydrogen-bond donors (Lipinski definition) is 2. The summed E-state index contributed by atoms with van der Waals surface area (Å²) in [6.07, 6.45) is -1.41. The van der Waals surface area contributed by atoms with Crippen molar-refractivity contribution in [3.8, 4) is 5.75 Å². The number of nitrogens with one attached hydrogen (secondary N) is 1. The molecular weight excluding hydrogens is 409 g/mol. The molecule has 0 aliphatic carbocycles. The molecule has 8 nitrogen and oxygen atoms in total. The van der Waals surface area contributed by atoms with Crippen LogP contribution in [-0.4, -0.2) is 49.1 Å². The van der Waals surface area contributed by atoms with Gasteiger partial charge in [0.05, 0.1) is 6.61 Å². The standard InChI is InChI=1S/C21H36NO7P/c1-20(2,3)22-12-18(28-19(24)29-21(4,5)6)15-9-10-17(16(11-15)13-23)26-14-27-30(7,8)25/h9-11,18,22-23H,12-14H2,1-8H3. The van der Waals surface area contributed by atoms with Crippen LogP contribution >= 0.6 is 7.37 Å². The Morgan fingerprint density at radius 1 is 1.17 bits per heavy atom. The third-order valence-electron chi connectivity index (χ3n) is 3.65. The van der Waals surface area contributed by atoms with Crippen molar-refractivity contribution in [1.29, 1.82) is 0 Å². The minimum Gasteiger partial charge on any atom is -0.467 e. The fourth-order valence-corrected chi connectivity index (χ4v) is 2.60. The van der Waals surface area contributed by atoms with Crippen LogP contribution in [0.5, 0.6) is 5.75 Å². The van der Waals surface area contributed by atoms with E-state index in [1.807, 2.05) is 20.8 Å². The first kappa shape index (κ1) is 26.4. The maximum atomic E-state index is 12.2. The number of ether oxygens (including phenoxy) is 3. The largest absolute Gasteiger partial charge is 0.509 e. The molecule has 1 rings (SSSR count). The summed E-state index contributed by atoms with van der Waals surface area (Å²) in [7, 11) is -2.68. The summed E-state index contributed by atoms with van der Waals surface area (Å²) in [4.78, 5) is 12.2. The van der Waals surface area contributed by atoms with Gasteiger partial charge in [-0.1, -0.05) is 6.07 Å². The van der Waals surface area contributed by atoms with Gasteiger partial charge in [-0.05, 0) is 59.2 Å². The Bertz CT molecular complexity index is 747. The molecule has 172 valence electrons. The van der Waals surface area contributed by atoms with Crippen molar-refractivity contribution >= 4 is 13.5 Å². The van der Waals surface area contributed by atoms with Crippen LogP contribution in [0.4, 0.5) is 4.79 Å². The molecule has 1 aromatic rings. The third-order valence-corrected chi connectivity index (χ3v) is 4.38. The Hall–Kier alpha value is -1.60. The molecule has 0 aliphatic heterocycles. The average Bonchev–Trinajstić information content (AvgIpc) is 2.55.